The second-order valence-electron chi connectivity index (χ2n) is 9.86. The number of carbonyl (C=O) groups is 1. The zero-order valence-corrected chi connectivity index (χ0v) is 23.6. The van der Waals surface area contributed by atoms with Crippen molar-refractivity contribution in [3.63, 3.8) is 0 Å². The molecule has 0 atom stereocenters. The lowest BCUT2D eigenvalue weighted by Crippen LogP contribution is -2.36. The van der Waals surface area contributed by atoms with Gasteiger partial charge in [0, 0.05) is 25.7 Å². The predicted octanol–water partition coefficient (Wildman–Crippen LogP) is 7.37. The first-order valence-corrected chi connectivity index (χ1v) is 13.3. The Morgan fingerprint density at radius 3 is 2.05 bits per heavy atom. The van der Waals surface area contributed by atoms with Gasteiger partial charge < -0.3 is 9.64 Å². The van der Waals surface area contributed by atoms with Gasteiger partial charge in [-0.05, 0) is 87.4 Å². The number of aromatic nitrogens is 1. The Morgan fingerprint density at radius 1 is 0.974 bits per heavy atom. The van der Waals surface area contributed by atoms with E-state index in [1.54, 1.807) is 20.8 Å². The molecule has 0 saturated heterocycles. The molecule has 3 rings (SSSR count). The van der Waals surface area contributed by atoms with Gasteiger partial charge in [-0.2, -0.15) is 5.26 Å². The van der Waals surface area contributed by atoms with E-state index in [9.17, 15) is 13.6 Å². The van der Waals surface area contributed by atoms with Crippen LogP contribution in [-0.2, 0) is 30.6 Å². The molecule has 0 fully saturated rings. The largest absolute Gasteiger partial charge is 0.480 e. The highest BCUT2D eigenvalue weighted by molar-refractivity contribution is 5.84. The summed E-state index contributed by atoms with van der Waals surface area (Å²) >= 11 is 0. The first-order chi connectivity index (χ1) is 18.5. The number of hydrogen-bond donors (Lipinski definition) is 0. The summed E-state index contributed by atoms with van der Waals surface area (Å²) in [7, 11) is 0. The summed E-state index contributed by atoms with van der Waals surface area (Å²) in [5, 5.41) is 8.85. The second kappa shape index (κ2) is 15.6. The maximum atomic E-state index is 11.8. The number of Topliss-reactive ketones (excluding diaryl/α,β-unsaturated/α-hetero) is 1. The zero-order valence-electron chi connectivity index (χ0n) is 23.6. The molecule has 0 bridgehead atoms. The Balaban J connectivity index is 0.00000124. The minimum Gasteiger partial charge on any atom is -0.480 e. The lowest BCUT2D eigenvalue weighted by atomic mass is 10.1. The number of hydrogen-bond acceptors (Lipinski definition) is 5. The summed E-state index contributed by atoms with van der Waals surface area (Å²) in [4.78, 5) is 18.8. The minimum absolute atomic E-state index is 0.00432. The number of alkyl halides is 2. The van der Waals surface area contributed by atoms with Crippen molar-refractivity contribution >= 4 is 11.6 Å². The fourth-order valence-electron chi connectivity index (χ4n) is 3.68. The molecule has 208 valence electrons. The maximum absolute atomic E-state index is 11.8. The van der Waals surface area contributed by atoms with Crippen molar-refractivity contribution in [2.24, 2.45) is 0 Å². The number of anilines is 1. The molecule has 0 radical (unpaired) electrons. The van der Waals surface area contributed by atoms with Crippen molar-refractivity contribution in [3.05, 3.63) is 89.1 Å². The van der Waals surface area contributed by atoms with Crippen LogP contribution in [0.5, 0.6) is 5.75 Å². The molecule has 5 nitrogen and oxygen atoms in total. The van der Waals surface area contributed by atoms with Gasteiger partial charge in [-0.3, -0.25) is 4.79 Å². The summed E-state index contributed by atoms with van der Waals surface area (Å²) in [6.45, 7) is 9.68. The quantitative estimate of drug-likeness (QED) is 0.242. The van der Waals surface area contributed by atoms with E-state index in [-0.39, 0.29) is 5.78 Å². The minimum atomic E-state index is -2.17. The van der Waals surface area contributed by atoms with E-state index in [2.05, 4.69) is 60.4 Å². The van der Waals surface area contributed by atoms with Crippen molar-refractivity contribution in [3.8, 4) is 11.8 Å². The van der Waals surface area contributed by atoms with Crippen LogP contribution in [0.25, 0.3) is 0 Å². The maximum Gasteiger partial charge on any atom is 0.235 e. The van der Waals surface area contributed by atoms with E-state index in [1.165, 1.54) is 16.7 Å². The van der Waals surface area contributed by atoms with Gasteiger partial charge >= 0.3 is 0 Å². The highest BCUT2D eigenvalue weighted by Gasteiger charge is 2.25. The SMILES string of the molecule is CC(F)F.CCc1ccc(CN(CCc2ccc(OC(C)(C)C(C)=O)cc2)c2ccc(CCC#N)cn2)cc1. The van der Waals surface area contributed by atoms with Crippen LogP contribution in [0.2, 0.25) is 0 Å². The van der Waals surface area contributed by atoms with Crippen molar-refractivity contribution < 1.29 is 18.3 Å². The fraction of sp³-hybridized carbons (Fsp3) is 0.406. The molecule has 1 aromatic heterocycles. The number of aryl methyl sites for hydroxylation is 2. The van der Waals surface area contributed by atoms with E-state index < -0.39 is 12.0 Å². The Kier molecular flexibility index (Phi) is 12.6. The molecule has 7 heteroatoms. The topological polar surface area (TPSA) is 66.2 Å². The van der Waals surface area contributed by atoms with Gasteiger partial charge in [0.1, 0.15) is 11.6 Å². The molecule has 0 spiro atoms. The first kappa shape index (κ1) is 31.4. The number of ether oxygens (including phenoxy) is 1. The third kappa shape index (κ3) is 11.2. The number of halogens is 2. The number of carbonyl (C=O) groups excluding carboxylic acids is 1. The number of ketones is 1. The van der Waals surface area contributed by atoms with E-state index in [0.29, 0.717) is 12.2 Å². The van der Waals surface area contributed by atoms with Crippen LogP contribution in [0.15, 0.2) is 66.9 Å². The van der Waals surface area contributed by atoms with Crippen LogP contribution < -0.4 is 9.64 Å². The number of pyridine rings is 1. The highest BCUT2D eigenvalue weighted by atomic mass is 19.3. The molecule has 0 aliphatic heterocycles. The van der Waals surface area contributed by atoms with Crippen LogP contribution in [-0.4, -0.2) is 29.3 Å². The number of rotatable bonds is 12. The van der Waals surface area contributed by atoms with E-state index in [1.807, 2.05) is 24.4 Å². The Morgan fingerprint density at radius 2 is 1.54 bits per heavy atom. The standard InChI is InChI=1S/C30H35N3O2.C2H4F2/c1-5-24-8-10-27(11-9-24)22-33(29-17-14-26(21-32-29)7-6-19-31)20-18-25-12-15-28(16-13-25)35-30(3,4)23(2)34;1-2(3)4/h8-17,21H,5-7,18,20,22H2,1-4H3;2H,1H3. The average Bonchev–Trinajstić information content (AvgIpc) is 2.91. The molecule has 3 aromatic rings. The molecular weight excluding hydrogens is 496 g/mol. The zero-order chi connectivity index (χ0) is 28.8. The van der Waals surface area contributed by atoms with Gasteiger partial charge in [0.25, 0.3) is 0 Å². The molecule has 2 aromatic carbocycles. The molecule has 0 saturated carbocycles. The van der Waals surface area contributed by atoms with Crippen LogP contribution in [0.4, 0.5) is 14.6 Å². The van der Waals surface area contributed by atoms with Crippen molar-refractivity contribution in [2.45, 2.75) is 78.9 Å². The lowest BCUT2D eigenvalue weighted by Gasteiger charge is -2.25. The Labute approximate surface area is 231 Å². The van der Waals surface area contributed by atoms with Gasteiger partial charge in [-0.15, -0.1) is 0 Å². The number of nitrogens with zero attached hydrogens (tertiary/aromatic N) is 3. The van der Waals surface area contributed by atoms with Crippen molar-refractivity contribution in [2.75, 3.05) is 11.4 Å². The van der Waals surface area contributed by atoms with Crippen LogP contribution >= 0.6 is 0 Å². The lowest BCUT2D eigenvalue weighted by molar-refractivity contribution is -0.129. The van der Waals surface area contributed by atoms with Crippen LogP contribution in [0.3, 0.4) is 0 Å². The Hall–Kier alpha value is -3.79. The number of benzene rings is 2. The summed E-state index contributed by atoms with van der Waals surface area (Å²) in [6, 6.07) is 23.0. The molecule has 39 heavy (non-hydrogen) atoms. The van der Waals surface area contributed by atoms with Crippen molar-refractivity contribution in [1.29, 1.82) is 5.26 Å². The summed E-state index contributed by atoms with van der Waals surface area (Å²) in [5.41, 5.74) is 4.00. The van der Waals surface area contributed by atoms with E-state index in [0.717, 1.165) is 50.7 Å². The fourth-order valence-corrected chi connectivity index (χ4v) is 3.68. The van der Waals surface area contributed by atoms with Crippen LogP contribution in [0, 0.1) is 11.3 Å². The monoisotopic (exact) mass is 535 g/mol. The number of nitriles is 1. The molecule has 0 amide bonds. The summed E-state index contributed by atoms with van der Waals surface area (Å²) in [5.74, 6) is 1.61. The van der Waals surface area contributed by atoms with Gasteiger partial charge in [0.2, 0.25) is 6.43 Å². The Bertz CT molecular complexity index is 1180. The first-order valence-electron chi connectivity index (χ1n) is 13.3. The van der Waals surface area contributed by atoms with E-state index >= 15 is 0 Å². The normalized spacial score (nSPS) is 10.8. The average molecular weight is 536 g/mol. The molecule has 0 aliphatic carbocycles. The molecule has 0 N–H and O–H groups in total. The van der Waals surface area contributed by atoms with E-state index in [4.69, 9.17) is 15.0 Å². The van der Waals surface area contributed by atoms with Gasteiger partial charge in [0.05, 0.1) is 6.07 Å². The molecule has 0 unspecified atom stereocenters. The smallest absolute Gasteiger partial charge is 0.235 e. The molecule has 0 aliphatic rings. The van der Waals surface area contributed by atoms with Crippen LogP contribution in [0.1, 0.15) is 63.3 Å². The van der Waals surface area contributed by atoms with Gasteiger partial charge in [0.15, 0.2) is 11.4 Å². The van der Waals surface area contributed by atoms with Gasteiger partial charge in [-0.1, -0.05) is 49.4 Å². The third-order valence-corrected chi connectivity index (χ3v) is 6.28. The molecular formula is C32H39F2N3O2. The molecule has 1 heterocycles. The van der Waals surface area contributed by atoms with Gasteiger partial charge in [-0.25, -0.2) is 13.8 Å². The summed E-state index contributed by atoms with van der Waals surface area (Å²) in [6.07, 6.45) is 2.80. The third-order valence-electron chi connectivity index (χ3n) is 6.28. The summed E-state index contributed by atoms with van der Waals surface area (Å²) < 4.78 is 26.5. The second-order valence-corrected chi connectivity index (χ2v) is 9.86. The van der Waals surface area contributed by atoms with Crippen molar-refractivity contribution in [1.82, 2.24) is 4.98 Å². The highest BCUT2D eigenvalue weighted by Crippen LogP contribution is 2.21. The predicted molar refractivity (Wildman–Crippen MR) is 152 cm³/mol.